The average molecular weight is 1330 g/mol. The molecule has 0 amide bonds. The van der Waals surface area contributed by atoms with E-state index in [-0.39, 0.29) is 43.2 Å². The standard InChI is InChI=1S/C56H78Cl2O32/c1-17(2)48(69)82-44-43-28(87-56(88-43)47-46(74-16-75-47)55(71,22(7)60)23(8)86-56)15-73-52(44)84-51-37(67)36(66)42(27(13-59)78-51)83-50-38(68)41(26(63)14-72-50)80-30-12-53(9)45(21(6)77-30)89-54(90-53)11-25(62)40(20(5)85-54)79-29-10-24(61)39(19(4)76-29)81-49(70)31-18(3)32(57)35(65)33(58)34(31)64/h17,19-21,23-30,36-47,50-52,59,61-68,71H,10-16H2,1-9H3/t19-,20-,21-,23-,24-,25-,26+,27-,28+,29+,30+,36-,37+,38-,39-,40-,41+,42-,43-,44-,45-,46-,47-,50+,51+,52-,53-,54?,55+,56-/m1/s1. The smallest absolute Gasteiger partial charge is 0.342 e. The van der Waals surface area contributed by atoms with Crippen molar-refractivity contribution in [2.45, 2.75) is 264 Å². The molecule has 10 saturated heterocycles. The maximum Gasteiger partial charge on any atom is 0.342 e. The lowest BCUT2D eigenvalue weighted by atomic mass is 9.81. The molecule has 0 radical (unpaired) electrons. The van der Waals surface area contributed by atoms with Gasteiger partial charge in [-0.15, -0.1) is 0 Å². The molecule has 10 heterocycles. The van der Waals surface area contributed by atoms with Gasteiger partial charge in [0.05, 0.1) is 73.8 Å². The zero-order chi connectivity index (χ0) is 65.2. The molecule has 2 spiro atoms. The van der Waals surface area contributed by atoms with Crippen LogP contribution in [0.2, 0.25) is 10.0 Å². The van der Waals surface area contributed by atoms with Gasteiger partial charge in [0.2, 0.25) is 6.29 Å². The Morgan fingerprint density at radius 2 is 1.33 bits per heavy atom. The summed E-state index contributed by atoms with van der Waals surface area (Å²) in [6.07, 6.45) is -36.4. The van der Waals surface area contributed by atoms with E-state index < -0.39 is 242 Å². The van der Waals surface area contributed by atoms with Gasteiger partial charge in [0.1, 0.15) is 96.2 Å². The van der Waals surface area contributed by atoms with Crippen molar-refractivity contribution in [3.63, 3.8) is 0 Å². The number of aromatic hydroxyl groups is 2. The van der Waals surface area contributed by atoms with Gasteiger partial charge < -0.3 is 141 Å². The highest BCUT2D eigenvalue weighted by Gasteiger charge is 2.73. The lowest BCUT2D eigenvalue weighted by Gasteiger charge is -2.49. The van der Waals surface area contributed by atoms with E-state index >= 15 is 0 Å². The summed E-state index contributed by atoms with van der Waals surface area (Å²) in [7, 11) is 0. The molecule has 10 N–H and O–H groups in total. The summed E-state index contributed by atoms with van der Waals surface area (Å²) in [5, 5.41) is 111. The number of aliphatic hydroxyl groups excluding tert-OH is 7. The number of carbonyl (C=O) groups excluding carboxylic acids is 3. The van der Waals surface area contributed by atoms with Crippen molar-refractivity contribution in [1.82, 2.24) is 0 Å². The van der Waals surface area contributed by atoms with Gasteiger partial charge >= 0.3 is 17.9 Å². The molecule has 1 unspecified atom stereocenters. The van der Waals surface area contributed by atoms with Gasteiger partial charge in [-0.05, 0) is 54.0 Å². The third-order valence-corrected chi connectivity index (χ3v) is 19.0. The molecule has 0 aliphatic carbocycles. The van der Waals surface area contributed by atoms with Crippen LogP contribution < -0.4 is 0 Å². The van der Waals surface area contributed by atoms with Gasteiger partial charge in [0.25, 0.3) is 5.97 Å². The van der Waals surface area contributed by atoms with E-state index in [9.17, 15) is 65.4 Å². The zero-order valence-corrected chi connectivity index (χ0v) is 51.8. The second kappa shape index (κ2) is 25.9. The lowest BCUT2D eigenvalue weighted by molar-refractivity contribution is -0.428. The van der Waals surface area contributed by atoms with Crippen LogP contribution in [0.3, 0.4) is 0 Å². The number of esters is 2. The maximum atomic E-state index is 13.3. The van der Waals surface area contributed by atoms with Gasteiger partial charge in [-0.2, -0.15) is 0 Å². The van der Waals surface area contributed by atoms with Crippen LogP contribution in [0.5, 0.6) is 11.5 Å². The molecule has 11 rings (SSSR count). The minimum atomic E-state index is -2.15. The minimum absolute atomic E-state index is 0.0179. The summed E-state index contributed by atoms with van der Waals surface area (Å²) in [5.41, 5.74) is -3.85. The average Bonchev–Trinajstić information content (AvgIpc) is 1.53. The molecule has 0 saturated carbocycles. The Morgan fingerprint density at radius 1 is 0.644 bits per heavy atom. The van der Waals surface area contributed by atoms with E-state index in [1.165, 1.54) is 27.7 Å². The van der Waals surface area contributed by atoms with Crippen molar-refractivity contribution in [3.05, 3.63) is 21.2 Å². The molecule has 508 valence electrons. The summed E-state index contributed by atoms with van der Waals surface area (Å²) in [6.45, 7) is 11.5. The SMILES string of the molecule is CC(=O)[C@@]1(O)[C@@H]2OCO[C@H]2[C@@]2(O[C@H]3[C@@H](OC(=O)C(C)C)[C@@H](O[C@@H]4O[C@H](CO)[C@@H](O[C@@H]5OC[C@H](O)[C@H](O[C@H]6C[C@@]7(C)OC8(C[C@@H](O)[C@H](O[C@H]9C[C@@H](O)[C@H](OC(=O)c%10c(C)c(Cl)c(O)c(Cl)c%10O)[C@@H](C)O9)[C@@H](C)O8)O[C@@H]7[C@@H](C)O6)[C@H]5O)[C@H](O)[C@@H]4O)OC[C@@H]3O2)O[C@@H]1C. The van der Waals surface area contributed by atoms with E-state index in [0.717, 1.165) is 0 Å². The van der Waals surface area contributed by atoms with Crippen LogP contribution in [0.4, 0.5) is 0 Å². The molecule has 32 nitrogen and oxygen atoms in total. The maximum absolute atomic E-state index is 13.3. The van der Waals surface area contributed by atoms with E-state index in [1.807, 2.05) is 0 Å². The molecule has 10 aliphatic rings. The molecule has 34 heteroatoms. The van der Waals surface area contributed by atoms with Crippen LogP contribution in [0, 0.1) is 12.8 Å². The summed E-state index contributed by atoms with van der Waals surface area (Å²) < 4.78 is 115. The van der Waals surface area contributed by atoms with E-state index in [1.54, 1.807) is 34.6 Å². The number of rotatable bonds is 14. The first-order chi connectivity index (χ1) is 42.3. The van der Waals surface area contributed by atoms with Gasteiger partial charge in [0, 0.05) is 12.8 Å². The largest absolute Gasteiger partial charge is 0.505 e. The third-order valence-electron chi connectivity index (χ3n) is 18.2. The fourth-order valence-corrected chi connectivity index (χ4v) is 13.9. The van der Waals surface area contributed by atoms with Crippen LogP contribution in [0.25, 0.3) is 0 Å². The number of Topliss-reactive ketones (excluding diaryl/α,β-unsaturated/α-hetero) is 1. The van der Waals surface area contributed by atoms with E-state index in [0.29, 0.717) is 0 Å². The fraction of sp³-hybridized carbons (Fsp3) is 0.839. The van der Waals surface area contributed by atoms with Crippen molar-refractivity contribution in [2.24, 2.45) is 5.92 Å². The Balaban J connectivity index is 0.692. The minimum Gasteiger partial charge on any atom is -0.505 e. The molecule has 10 aliphatic heterocycles. The zero-order valence-electron chi connectivity index (χ0n) is 50.2. The number of phenols is 2. The van der Waals surface area contributed by atoms with Crippen LogP contribution in [-0.4, -0.2) is 278 Å². The van der Waals surface area contributed by atoms with E-state index in [4.69, 9.17) is 113 Å². The van der Waals surface area contributed by atoms with Crippen molar-refractivity contribution >= 4 is 40.9 Å². The topological polar surface area (TPSA) is 429 Å². The highest BCUT2D eigenvalue weighted by atomic mass is 35.5. The lowest BCUT2D eigenvalue weighted by Crippen LogP contribution is -2.72. The summed E-state index contributed by atoms with van der Waals surface area (Å²) in [5.74, 6) is -8.56. The molecule has 90 heavy (non-hydrogen) atoms. The summed E-state index contributed by atoms with van der Waals surface area (Å²) >= 11 is 12.1. The quantitative estimate of drug-likeness (QED) is 0.0938. The van der Waals surface area contributed by atoms with Gasteiger partial charge in [-0.1, -0.05) is 37.0 Å². The molecule has 0 aromatic heterocycles. The number of phenolic OH excluding ortho intramolecular Hbond substituents is 2. The van der Waals surface area contributed by atoms with Gasteiger partial charge in [-0.3, -0.25) is 9.59 Å². The predicted octanol–water partition coefficient (Wildman–Crippen LogP) is -1.60. The number of hydrogen-bond donors (Lipinski definition) is 10. The van der Waals surface area contributed by atoms with Crippen LogP contribution in [0.1, 0.15) is 90.6 Å². The highest BCUT2D eigenvalue weighted by Crippen LogP contribution is 2.53. The fourth-order valence-electron chi connectivity index (χ4n) is 13.5. The number of ether oxygens (including phenoxy) is 19. The van der Waals surface area contributed by atoms with Gasteiger partial charge in [0.15, 0.2) is 66.4 Å². The first-order valence-corrected chi connectivity index (χ1v) is 30.5. The Kier molecular flexibility index (Phi) is 19.7. The number of aliphatic hydroxyl groups is 8. The Labute approximate surface area is 524 Å². The molecular formula is C56H78Cl2O32. The molecule has 10 fully saturated rings. The molecule has 30 atom stereocenters. The first kappa shape index (κ1) is 68.4. The second-order valence-electron chi connectivity index (χ2n) is 24.9. The molecular weight excluding hydrogens is 1260 g/mol. The molecule has 1 aromatic carbocycles. The number of hydrogen-bond acceptors (Lipinski definition) is 32. The number of halogens is 2. The Morgan fingerprint density at radius 3 is 2.01 bits per heavy atom. The molecule has 1 aromatic rings. The molecule has 0 bridgehead atoms. The number of ketones is 1. The van der Waals surface area contributed by atoms with E-state index in [2.05, 4.69) is 0 Å². The van der Waals surface area contributed by atoms with Crippen molar-refractivity contribution in [2.75, 3.05) is 26.6 Å². The number of benzene rings is 1. The monoisotopic (exact) mass is 1330 g/mol. The summed E-state index contributed by atoms with van der Waals surface area (Å²) in [4.78, 5) is 39.2. The second-order valence-corrected chi connectivity index (χ2v) is 25.7. The third kappa shape index (κ3) is 12.2. The predicted molar refractivity (Wildman–Crippen MR) is 289 cm³/mol. The Hall–Kier alpha value is -2.99. The van der Waals surface area contributed by atoms with Crippen LogP contribution in [-0.2, 0) is 99.6 Å². The van der Waals surface area contributed by atoms with Crippen LogP contribution >= 0.6 is 23.2 Å². The Bertz CT molecular complexity index is 2750. The van der Waals surface area contributed by atoms with Crippen molar-refractivity contribution in [1.29, 1.82) is 0 Å². The number of carbonyl (C=O) groups is 3. The van der Waals surface area contributed by atoms with Crippen molar-refractivity contribution in [3.8, 4) is 11.5 Å². The normalized spacial score (nSPS) is 48.5. The first-order valence-electron chi connectivity index (χ1n) is 29.7. The summed E-state index contributed by atoms with van der Waals surface area (Å²) in [6, 6.07) is 0. The van der Waals surface area contributed by atoms with Crippen LogP contribution in [0.15, 0.2) is 0 Å². The highest BCUT2D eigenvalue weighted by molar-refractivity contribution is 6.39. The van der Waals surface area contributed by atoms with Crippen molar-refractivity contribution < 1.29 is 155 Å². The van der Waals surface area contributed by atoms with Gasteiger partial charge in [-0.25, -0.2) is 4.79 Å². The number of fused-ring (bicyclic) bond motifs is 4.